The maximum atomic E-state index is 9.54. The van der Waals surface area contributed by atoms with E-state index in [1.165, 1.54) is 12.8 Å². The first kappa shape index (κ1) is 14.2. The van der Waals surface area contributed by atoms with Crippen LogP contribution in [0.5, 0.6) is 0 Å². The van der Waals surface area contributed by atoms with Crippen molar-refractivity contribution in [1.29, 1.82) is 0 Å². The number of aliphatic hydroxyl groups is 1. The minimum atomic E-state index is 0.194. The molecule has 2 aromatic rings. The van der Waals surface area contributed by atoms with Crippen molar-refractivity contribution in [3.63, 3.8) is 0 Å². The molecule has 112 valence electrons. The molecule has 1 aliphatic rings. The molecule has 1 unspecified atom stereocenters. The van der Waals surface area contributed by atoms with Gasteiger partial charge in [-0.3, -0.25) is 4.90 Å². The minimum Gasteiger partial charge on any atom is -0.419 e. The third-order valence-electron chi connectivity index (χ3n) is 4.04. The van der Waals surface area contributed by atoms with Crippen molar-refractivity contribution in [2.24, 2.45) is 0 Å². The van der Waals surface area contributed by atoms with Gasteiger partial charge in [-0.25, -0.2) is 0 Å². The van der Waals surface area contributed by atoms with Crippen molar-refractivity contribution >= 4 is 0 Å². The van der Waals surface area contributed by atoms with Crippen LogP contribution in [0.3, 0.4) is 0 Å². The molecule has 5 heteroatoms. The smallest absolute Gasteiger partial charge is 0.247 e. The zero-order chi connectivity index (χ0) is 14.5. The molecule has 0 spiro atoms. The van der Waals surface area contributed by atoms with E-state index in [1.807, 2.05) is 30.3 Å². The van der Waals surface area contributed by atoms with Crippen LogP contribution < -0.4 is 0 Å². The second-order valence-electron chi connectivity index (χ2n) is 5.52. The molecule has 0 bridgehead atoms. The lowest BCUT2D eigenvalue weighted by Crippen LogP contribution is -2.37. The van der Waals surface area contributed by atoms with E-state index >= 15 is 0 Å². The van der Waals surface area contributed by atoms with E-state index in [1.54, 1.807) is 0 Å². The fourth-order valence-electron chi connectivity index (χ4n) is 2.84. The Morgan fingerprint density at radius 3 is 2.81 bits per heavy atom. The number of benzene rings is 1. The number of nitrogens with zero attached hydrogens (tertiary/aromatic N) is 3. The van der Waals surface area contributed by atoms with Crippen LogP contribution in [-0.2, 0) is 6.54 Å². The standard InChI is InChI=1S/C16H21N3O2/c20-12-14-9-5-2-6-10-19(14)11-15-17-18-16(21-15)13-7-3-1-4-8-13/h1,3-4,7-8,14,20H,2,5-6,9-12H2. The summed E-state index contributed by atoms with van der Waals surface area (Å²) in [7, 11) is 0. The highest BCUT2D eigenvalue weighted by molar-refractivity contribution is 5.51. The topological polar surface area (TPSA) is 62.4 Å². The third-order valence-corrected chi connectivity index (χ3v) is 4.04. The monoisotopic (exact) mass is 287 g/mol. The van der Waals surface area contributed by atoms with Gasteiger partial charge in [-0.15, -0.1) is 10.2 Å². The molecule has 5 nitrogen and oxygen atoms in total. The largest absolute Gasteiger partial charge is 0.419 e. The molecule has 1 fully saturated rings. The van der Waals surface area contributed by atoms with Crippen molar-refractivity contribution in [2.45, 2.75) is 38.3 Å². The summed E-state index contributed by atoms with van der Waals surface area (Å²) in [5, 5.41) is 17.8. The molecule has 0 radical (unpaired) electrons. The first-order valence-electron chi connectivity index (χ1n) is 7.59. The Hall–Kier alpha value is -1.72. The molecule has 0 amide bonds. The quantitative estimate of drug-likeness (QED) is 0.936. The molecule has 2 heterocycles. The minimum absolute atomic E-state index is 0.194. The number of likely N-dealkylation sites (tertiary alicyclic amines) is 1. The van der Waals surface area contributed by atoms with Gasteiger partial charge in [0.2, 0.25) is 11.8 Å². The number of hydrogen-bond donors (Lipinski definition) is 1. The van der Waals surface area contributed by atoms with Crippen molar-refractivity contribution in [3.8, 4) is 11.5 Å². The Balaban J connectivity index is 1.71. The first-order valence-corrected chi connectivity index (χ1v) is 7.59. The van der Waals surface area contributed by atoms with Gasteiger partial charge in [-0.1, -0.05) is 31.0 Å². The second-order valence-corrected chi connectivity index (χ2v) is 5.52. The van der Waals surface area contributed by atoms with E-state index in [9.17, 15) is 5.11 Å². The van der Waals surface area contributed by atoms with Crippen LogP contribution in [0.25, 0.3) is 11.5 Å². The summed E-state index contributed by atoms with van der Waals surface area (Å²) in [6.45, 7) is 1.79. The maximum absolute atomic E-state index is 9.54. The van der Waals surface area contributed by atoms with Gasteiger partial charge in [0.1, 0.15) is 0 Å². The van der Waals surface area contributed by atoms with Gasteiger partial charge in [0, 0.05) is 11.6 Å². The van der Waals surface area contributed by atoms with E-state index in [4.69, 9.17) is 4.42 Å². The van der Waals surface area contributed by atoms with E-state index in [2.05, 4.69) is 15.1 Å². The predicted molar refractivity (Wildman–Crippen MR) is 79.5 cm³/mol. The highest BCUT2D eigenvalue weighted by Crippen LogP contribution is 2.21. The van der Waals surface area contributed by atoms with Crippen molar-refractivity contribution in [3.05, 3.63) is 36.2 Å². The normalized spacial score (nSPS) is 20.3. The Kier molecular flexibility index (Phi) is 4.62. The number of rotatable bonds is 4. The van der Waals surface area contributed by atoms with Crippen LogP contribution >= 0.6 is 0 Å². The van der Waals surface area contributed by atoms with Crippen molar-refractivity contribution < 1.29 is 9.52 Å². The van der Waals surface area contributed by atoms with Crippen LogP contribution in [-0.4, -0.2) is 39.4 Å². The van der Waals surface area contributed by atoms with Gasteiger partial charge in [0.05, 0.1) is 13.2 Å². The van der Waals surface area contributed by atoms with Crippen molar-refractivity contribution in [2.75, 3.05) is 13.2 Å². The summed E-state index contributed by atoms with van der Waals surface area (Å²) < 4.78 is 5.76. The van der Waals surface area contributed by atoms with Gasteiger partial charge in [-0.05, 0) is 31.5 Å². The van der Waals surface area contributed by atoms with Gasteiger partial charge in [-0.2, -0.15) is 0 Å². The van der Waals surface area contributed by atoms with Gasteiger partial charge in [0.15, 0.2) is 0 Å². The highest BCUT2D eigenvalue weighted by Gasteiger charge is 2.22. The molecular formula is C16H21N3O2. The zero-order valence-corrected chi connectivity index (χ0v) is 12.1. The number of aliphatic hydroxyl groups excluding tert-OH is 1. The predicted octanol–water partition coefficient (Wildman–Crippen LogP) is 2.47. The van der Waals surface area contributed by atoms with Gasteiger partial charge >= 0.3 is 0 Å². The SMILES string of the molecule is OCC1CCCCCN1Cc1nnc(-c2ccccc2)o1. The summed E-state index contributed by atoms with van der Waals surface area (Å²) >= 11 is 0. The Bertz CT molecular complexity index is 556. The zero-order valence-electron chi connectivity index (χ0n) is 12.1. The van der Waals surface area contributed by atoms with Crippen LogP contribution in [0.1, 0.15) is 31.6 Å². The summed E-state index contributed by atoms with van der Waals surface area (Å²) in [4.78, 5) is 2.26. The van der Waals surface area contributed by atoms with E-state index in [0.717, 1.165) is 24.9 Å². The summed E-state index contributed by atoms with van der Waals surface area (Å²) in [5.41, 5.74) is 0.936. The lowest BCUT2D eigenvalue weighted by atomic mass is 10.1. The lowest BCUT2D eigenvalue weighted by Gasteiger charge is -2.26. The Morgan fingerprint density at radius 1 is 1.14 bits per heavy atom. The molecule has 1 saturated heterocycles. The molecule has 21 heavy (non-hydrogen) atoms. The average molecular weight is 287 g/mol. The molecule has 1 atom stereocenters. The lowest BCUT2D eigenvalue weighted by molar-refractivity contribution is 0.110. The fourth-order valence-corrected chi connectivity index (χ4v) is 2.84. The van der Waals surface area contributed by atoms with Gasteiger partial charge in [0.25, 0.3) is 0 Å². The van der Waals surface area contributed by atoms with Crippen molar-refractivity contribution in [1.82, 2.24) is 15.1 Å². The first-order chi connectivity index (χ1) is 10.4. The second kappa shape index (κ2) is 6.83. The molecule has 1 aromatic carbocycles. The van der Waals surface area contributed by atoms with Crippen LogP contribution in [0.4, 0.5) is 0 Å². The Morgan fingerprint density at radius 2 is 2.00 bits per heavy atom. The molecule has 1 aromatic heterocycles. The third kappa shape index (κ3) is 3.49. The molecule has 1 aliphatic heterocycles. The van der Waals surface area contributed by atoms with E-state index in [0.29, 0.717) is 18.3 Å². The Labute approximate surface area is 124 Å². The van der Waals surface area contributed by atoms with Gasteiger partial charge < -0.3 is 9.52 Å². The molecule has 0 aliphatic carbocycles. The van der Waals surface area contributed by atoms with Crippen LogP contribution in [0.2, 0.25) is 0 Å². The van der Waals surface area contributed by atoms with Crippen LogP contribution in [0, 0.1) is 0 Å². The van der Waals surface area contributed by atoms with E-state index in [-0.39, 0.29) is 12.6 Å². The van der Waals surface area contributed by atoms with E-state index < -0.39 is 0 Å². The average Bonchev–Trinajstić information content (AvgIpc) is 2.88. The fraction of sp³-hybridized carbons (Fsp3) is 0.500. The molecule has 0 saturated carbocycles. The summed E-state index contributed by atoms with van der Waals surface area (Å²) in [5.74, 6) is 1.18. The number of hydrogen-bond acceptors (Lipinski definition) is 5. The molecule has 1 N–H and O–H groups in total. The highest BCUT2D eigenvalue weighted by atomic mass is 16.4. The number of aromatic nitrogens is 2. The molecular weight excluding hydrogens is 266 g/mol. The van der Waals surface area contributed by atoms with Crippen LogP contribution in [0.15, 0.2) is 34.7 Å². The molecule has 3 rings (SSSR count). The summed E-state index contributed by atoms with van der Waals surface area (Å²) in [6, 6.07) is 9.99. The maximum Gasteiger partial charge on any atom is 0.247 e. The summed E-state index contributed by atoms with van der Waals surface area (Å²) in [6.07, 6.45) is 4.61.